The summed E-state index contributed by atoms with van der Waals surface area (Å²) in [6, 6.07) is 12.6. The Morgan fingerprint density at radius 1 is 0.957 bits per heavy atom. The summed E-state index contributed by atoms with van der Waals surface area (Å²) < 4.78 is 0. The molecule has 0 heterocycles. The molecule has 0 saturated carbocycles. The van der Waals surface area contributed by atoms with Crippen LogP contribution in [0.25, 0.3) is 0 Å². The van der Waals surface area contributed by atoms with Crippen molar-refractivity contribution in [3.63, 3.8) is 0 Å². The first kappa shape index (κ1) is 15.8. The van der Waals surface area contributed by atoms with Crippen molar-refractivity contribution >= 4 is 5.91 Å². The van der Waals surface area contributed by atoms with Crippen molar-refractivity contribution in [2.75, 3.05) is 0 Å². The Labute approximate surface area is 138 Å². The lowest BCUT2D eigenvalue weighted by Gasteiger charge is -2.18. The molecule has 1 amide bonds. The third-order valence-corrected chi connectivity index (χ3v) is 4.99. The van der Waals surface area contributed by atoms with Crippen LogP contribution in [0.3, 0.4) is 0 Å². The van der Waals surface area contributed by atoms with E-state index < -0.39 is 0 Å². The normalized spacial score (nSPS) is 14.9. The highest BCUT2D eigenvalue weighted by Gasteiger charge is 2.15. The van der Waals surface area contributed by atoms with E-state index in [9.17, 15) is 4.79 Å². The molecule has 23 heavy (non-hydrogen) atoms. The number of rotatable bonds is 3. The predicted molar refractivity (Wildman–Crippen MR) is 94.9 cm³/mol. The molecule has 1 unspecified atom stereocenters. The molecule has 1 aliphatic rings. The van der Waals surface area contributed by atoms with E-state index in [0.29, 0.717) is 0 Å². The molecule has 2 heteroatoms. The van der Waals surface area contributed by atoms with Gasteiger partial charge in [-0.05, 0) is 86.4 Å². The highest BCUT2D eigenvalue weighted by molar-refractivity contribution is 5.94. The van der Waals surface area contributed by atoms with E-state index in [1.807, 2.05) is 13.0 Å². The Morgan fingerprint density at radius 2 is 1.70 bits per heavy atom. The largest absolute Gasteiger partial charge is 0.346 e. The van der Waals surface area contributed by atoms with Crippen LogP contribution in [0.4, 0.5) is 0 Å². The van der Waals surface area contributed by atoms with Gasteiger partial charge in [0, 0.05) is 5.56 Å². The van der Waals surface area contributed by atoms with Gasteiger partial charge < -0.3 is 5.32 Å². The maximum absolute atomic E-state index is 12.6. The second kappa shape index (κ2) is 6.57. The monoisotopic (exact) mass is 307 g/mol. The Bertz CT molecular complexity index is 733. The van der Waals surface area contributed by atoms with Gasteiger partial charge in [0.2, 0.25) is 0 Å². The summed E-state index contributed by atoms with van der Waals surface area (Å²) in [5.74, 6) is 0.0177. The SMILES string of the molecule is Cc1ccc(C(C)NC(=O)c2ccc3c(c2)CCCC3)cc1C. The lowest BCUT2D eigenvalue weighted by molar-refractivity contribution is 0.0939. The zero-order valence-corrected chi connectivity index (χ0v) is 14.3. The van der Waals surface area contributed by atoms with Crippen LogP contribution in [-0.2, 0) is 12.8 Å². The van der Waals surface area contributed by atoms with Crippen LogP contribution in [0.2, 0.25) is 0 Å². The Kier molecular flexibility index (Phi) is 4.51. The third kappa shape index (κ3) is 3.47. The highest BCUT2D eigenvalue weighted by atomic mass is 16.1. The fourth-order valence-electron chi connectivity index (χ4n) is 3.27. The smallest absolute Gasteiger partial charge is 0.251 e. The van der Waals surface area contributed by atoms with Gasteiger partial charge >= 0.3 is 0 Å². The van der Waals surface area contributed by atoms with Gasteiger partial charge in [-0.3, -0.25) is 4.79 Å². The van der Waals surface area contributed by atoms with Crippen molar-refractivity contribution in [2.24, 2.45) is 0 Å². The number of nitrogens with one attached hydrogen (secondary N) is 1. The van der Waals surface area contributed by atoms with Crippen molar-refractivity contribution in [3.05, 3.63) is 69.8 Å². The first-order chi connectivity index (χ1) is 11.0. The minimum Gasteiger partial charge on any atom is -0.346 e. The van der Waals surface area contributed by atoms with Crippen LogP contribution in [0.15, 0.2) is 36.4 Å². The fourth-order valence-corrected chi connectivity index (χ4v) is 3.27. The van der Waals surface area contributed by atoms with E-state index in [0.717, 1.165) is 24.0 Å². The highest BCUT2D eigenvalue weighted by Crippen LogP contribution is 2.23. The molecule has 0 aliphatic heterocycles. The average Bonchev–Trinajstić information content (AvgIpc) is 2.56. The van der Waals surface area contributed by atoms with Crippen molar-refractivity contribution in [2.45, 2.75) is 52.5 Å². The second-order valence-electron chi connectivity index (χ2n) is 6.73. The number of carbonyl (C=O) groups excluding carboxylic acids is 1. The van der Waals surface area contributed by atoms with Crippen LogP contribution in [0.1, 0.15) is 64.0 Å². The number of hydrogen-bond acceptors (Lipinski definition) is 1. The molecule has 2 nitrogen and oxygen atoms in total. The second-order valence-corrected chi connectivity index (χ2v) is 6.73. The number of amides is 1. The Morgan fingerprint density at radius 3 is 2.43 bits per heavy atom. The van der Waals surface area contributed by atoms with Crippen molar-refractivity contribution in [3.8, 4) is 0 Å². The standard InChI is InChI=1S/C21H25NO/c1-14-8-9-18(12-15(14)2)16(3)22-21(23)20-11-10-17-6-4-5-7-19(17)13-20/h8-13,16H,4-7H2,1-3H3,(H,22,23). The minimum atomic E-state index is 0.0119. The Hall–Kier alpha value is -2.09. The maximum Gasteiger partial charge on any atom is 0.251 e. The topological polar surface area (TPSA) is 29.1 Å². The first-order valence-electron chi connectivity index (χ1n) is 8.54. The van der Waals surface area contributed by atoms with E-state index in [2.05, 4.69) is 49.5 Å². The summed E-state index contributed by atoms with van der Waals surface area (Å²) in [4.78, 5) is 12.6. The van der Waals surface area contributed by atoms with E-state index in [1.54, 1.807) is 0 Å². The zero-order chi connectivity index (χ0) is 16.4. The molecule has 1 atom stereocenters. The fraction of sp³-hybridized carbons (Fsp3) is 0.381. The Balaban J connectivity index is 1.74. The quantitative estimate of drug-likeness (QED) is 0.877. The van der Waals surface area contributed by atoms with Gasteiger partial charge in [-0.1, -0.05) is 24.3 Å². The summed E-state index contributed by atoms with van der Waals surface area (Å²) in [5, 5.41) is 3.13. The van der Waals surface area contributed by atoms with Crippen molar-refractivity contribution < 1.29 is 4.79 Å². The minimum absolute atomic E-state index is 0.0119. The number of carbonyl (C=O) groups is 1. The summed E-state index contributed by atoms with van der Waals surface area (Å²) in [6.07, 6.45) is 4.75. The molecule has 2 aromatic rings. The summed E-state index contributed by atoms with van der Waals surface area (Å²) in [5.41, 5.74) is 7.23. The van der Waals surface area contributed by atoms with Crippen LogP contribution in [0.5, 0.6) is 0 Å². The van der Waals surface area contributed by atoms with Crippen molar-refractivity contribution in [1.29, 1.82) is 0 Å². The van der Waals surface area contributed by atoms with Crippen LogP contribution in [-0.4, -0.2) is 5.91 Å². The molecular formula is C21H25NO. The molecule has 0 aromatic heterocycles. The van der Waals surface area contributed by atoms with Gasteiger partial charge in [-0.25, -0.2) is 0 Å². The molecule has 120 valence electrons. The lowest BCUT2D eigenvalue weighted by atomic mass is 9.90. The average molecular weight is 307 g/mol. The number of fused-ring (bicyclic) bond motifs is 1. The number of hydrogen-bond donors (Lipinski definition) is 1. The maximum atomic E-state index is 12.6. The van der Waals surface area contributed by atoms with E-state index in [-0.39, 0.29) is 11.9 Å². The molecule has 0 spiro atoms. The van der Waals surface area contributed by atoms with Crippen molar-refractivity contribution in [1.82, 2.24) is 5.32 Å². The summed E-state index contributed by atoms with van der Waals surface area (Å²) in [7, 11) is 0. The zero-order valence-electron chi connectivity index (χ0n) is 14.3. The third-order valence-electron chi connectivity index (χ3n) is 4.99. The van der Waals surface area contributed by atoms with Crippen LogP contribution in [0, 0.1) is 13.8 Å². The number of benzene rings is 2. The van der Waals surface area contributed by atoms with Gasteiger partial charge in [0.1, 0.15) is 0 Å². The molecule has 0 bridgehead atoms. The molecular weight excluding hydrogens is 282 g/mol. The molecule has 1 N–H and O–H groups in total. The molecule has 0 radical (unpaired) electrons. The number of aryl methyl sites for hydroxylation is 4. The molecule has 2 aromatic carbocycles. The van der Waals surface area contributed by atoms with Crippen LogP contribution < -0.4 is 5.32 Å². The summed E-state index contributed by atoms with van der Waals surface area (Å²) >= 11 is 0. The van der Waals surface area contributed by atoms with Gasteiger partial charge in [-0.2, -0.15) is 0 Å². The van der Waals surface area contributed by atoms with E-state index in [1.165, 1.54) is 35.1 Å². The molecule has 0 fully saturated rings. The predicted octanol–water partition coefficient (Wildman–Crippen LogP) is 4.67. The molecule has 0 saturated heterocycles. The molecule has 1 aliphatic carbocycles. The van der Waals surface area contributed by atoms with E-state index >= 15 is 0 Å². The van der Waals surface area contributed by atoms with Crippen LogP contribution >= 0.6 is 0 Å². The summed E-state index contributed by atoms with van der Waals surface area (Å²) in [6.45, 7) is 6.26. The van der Waals surface area contributed by atoms with Gasteiger partial charge in [0.05, 0.1) is 6.04 Å². The van der Waals surface area contributed by atoms with E-state index in [4.69, 9.17) is 0 Å². The van der Waals surface area contributed by atoms with Gasteiger partial charge in [0.25, 0.3) is 5.91 Å². The van der Waals surface area contributed by atoms with Gasteiger partial charge in [0.15, 0.2) is 0 Å². The lowest BCUT2D eigenvalue weighted by Crippen LogP contribution is -2.27. The molecule has 3 rings (SSSR count). The van der Waals surface area contributed by atoms with Gasteiger partial charge in [-0.15, -0.1) is 0 Å². The first-order valence-corrected chi connectivity index (χ1v) is 8.54.